The van der Waals surface area contributed by atoms with Crippen molar-refractivity contribution in [2.24, 2.45) is 0 Å². The zero-order valence-corrected chi connectivity index (χ0v) is 12.9. The highest BCUT2D eigenvalue weighted by atomic mass is 16.5. The number of fused-ring (bicyclic) bond motifs is 1. The van der Waals surface area contributed by atoms with E-state index in [1.165, 1.54) is 12.1 Å². The van der Waals surface area contributed by atoms with Crippen LogP contribution in [0.15, 0.2) is 57.7 Å². The average Bonchev–Trinajstić information content (AvgIpc) is 2.54. The molecule has 0 unspecified atom stereocenters. The fourth-order valence-electron chi connectivity index (χ4n) is 2.31. The lowest BCUT2D eigenvalue weighted by Crippen LogP contribution is -2.20. The highest BCUT2D eigenvalue weighted by Crippen LogP contribution is 2.23. The summed E-state index contributed by atoms with van der Waals surface area (Å²) < 4.78 is 10.5. The second-order valence-corrected chi connectivity index (χ2v) is 5.26. The van der Waals surface area contributed by atoms with Gasteiger partial charge in [0, 0.05) is 17.5 Å². The van der Waals surface area contributed by atoms with Crippen molar-refractivity contribution < 1.29 is 19.1 Å². The quantitative estimate of drug-likeness (QED) is 0.569. The average molecular weight is 325 g/mol. The molecule has 0 aliphatic heterocycles. The Kier molecular flexibility index (Phi) is 4.20. The molecule has 6 heteroatoms. The number of aryl methyl sites for hydroxylation is 1. The van der Waals surface area contributed by atoms with E-state index in [0.717, 1.165) is 10.9 Å². The van der Waals surface area contributed by atoms with Crippen LogP contribution in [0.1, 0.15) is 5.56 Å². The molecule has 0 aliphatic carbocycles. The minimum Gasteiger partial charge on any atom is -0.506 e. The lowest BCUT2D eigenvalue weighted by molar-refractivity contribution is -0.118. The second kappa shape index (κ2) is 6.45. The SMILES string of the molecule is Cc1cc(=O)oc2cc(OCC(=O)Nc3ccccc3O)ccc12. The van der Waals surface area contributed by atoms with Crippen molar-refractivity contribution in [2.45, 2.75) is 6.92 Å². The first-order chi connectivity index (χ1) is 11.5. The Hall–Kier alpha value is -3.28. The summed E-state index contributed by atoms with van der Waals surface area (Å²) in [5.41, 5.74) is 1.09. The Morgan fingerprint density at radius 2 is 2.00 bits per heavy atom. The van der Waals surface area contributed by atoms with Crippen molar-refractivity contribution in [3.05, 3.63) is 64.5 Å². The van der Waals surface area contributed by atoms with Gasteiger partial charge < -0.3 is 19.6 Å². The number of rotatable bonds is 4. The zero-order valence-electron chi connectivity index (χ0n) is 12.9. The van der Waals surface area contributed by atoms with Crippen LogP contribution in [-0.4, -0.2) is 17.6 Å². The third kappa shape index (κ3) is 3.38. The van der Waals surface area contributed by atoms with Crippen molar-refractivity contribution in [1.82, 2.24) is 0 Å². The molecule has 0 saturated carbocycles. The number of carbonyl (C=O) groups is 1. The van der Waals surface area contributed by atoms with Gasteiger partial charge in [-0.15, -0.1) is 0 Å². The van der Waals surface area contributed by atoms with E-state index in [0.29, 0.717) is 17.0 Å². The molecular formula is C18H15NO5. The summed E-state index contributed by atoms with van der Waals surface area (Å²) in [4.78, 5) is 23.3. The molecule has 2 N–H and O–H groups in total. The molecule has 0 spiro atoms. The van der Waals surface area contributed by atoms with Crippen molar-refractivity contribution in [3.8, 4) is 11.5 Å². The van der Waals surface area contributed by atoms with Gasteiger partial charge in [-0.25, -0.2) is 4.79 Å². The van der Waals surface area contributed by atoms with Crippen LogP contribution in [-0.2, 0) is 4.79 Å². The molecule has 0 fully saturated rings. The van der Waals surface area contributed by atoms with E-state index in [1.807, 2.05) is 6.92 Å². The third-order valence-corrected chi connectivity index (χ3v) is 3.47. The molecule has 2 aromatic carbocycles. The molecule has 1 heterocycles. The molecule has 3 aromatic rings. The van der Waals surface area contributed by atoms with Crippen LogP contribution < -0.4 is 15.7 Å². The van der Waals surface area contributed by atoms with E-state index >= 15 is 0 Å². The van der Waals surface area contributed by atoms with Crippen LogP contribution >= 0.6 is 0 Å². The smallest absolute Gasteiger partial charge is 0.336 e. The van der Waals surface area contributed by atoms with Crippen LogP contribution in [0.3, 0.4) is 0 Å². The summed E-state index contributed by atoms with van der Waals surface area (Å²) in [5, 5.41) is 13.0. The van der Waals surface area contributed by atoms with Crippen LogP contribution in [0.4, 0.5) is 5.69 Å². The first-order valence-electron chi connectivity index (χ1n) is 7.28. The number of benzene rings is 2. The maximum absolute atomic E-state index is 11.9. The number of anilines is 1. The summed E-state index contributed by atoms with van der Waals surface area (Å²) in [6, 6.07) is 12.9. The number of nitrogens with one attached hydrogen (secondary N) is 1. The molecule has 3 rings (SSSR count). The van der Waals surface area contributed by atoms with Crippen molar-refractivity contribution in [2.75, 3.05) is 11.9 Å². The molecule has 0 atom stereocenters. The minimum atomic E-state index is -0.436. The fourth-order valence-corrected chi connectivity index (χ4v) is 2.31. The second-order valence-electron chi connectivity index (χ2n) is 5.26. The molecule has 0 aliphatic rings. The molecule has 0 bridgehead atoms. The Labute approximate surface area is 137 Å². The molecule has 1 amide bonds. The van der Waals surface area contributed by atoms with Gasteiger partial charge in [-0.3, -0.25) is 4.79 Å². The molecule has 122 valence electrons. The highest BCUT2D eigenvalue weighted by molar-refractivity contribution is 5.93. The van der Waals surface area contributed by atoms with E-state index in [9.17, 15) is 14.7 Å². The van der Waals surface area contributed by atoms with Gasteiger partial charge >= 0.3 is 5.63 Å². The van der Waals surface area contributed by atoms with Gasteiger partial charge in [-0.2, -0.15) is 0 Å². The number of hydrogen-bond acceptors (Lipinski definition) is 5. The standard InChI is InChI=1S/C18H15NO5/c1-11-8-18(22)24-16-9-12(6-7-13(11)16)23-10-17(21)19-14-4-2-3-5-15(14)20/h2-9,20H,10H2,1H3,(H,19,21). The van der Waals surface area contributed by atoms with Crippen LogP contribution in [0.25, 0.3) is 11.0 Å². The Morgan fingerprint density at radius 3 is 2.79 bits per heavy atom. The molecule has 24 heavy (non-hydrogen) atoms. The summed E-state index contributed by atoms with van der Waals surface area (Å²) >= 11 is 0. The lowest BCUT2D eigenvalue weighted by atomic mass is 10.1. The minimum absolute atomic E-state index is 0.0196. The van der Waals surface area contributed by atoms with Gasteiger partial charge in [0.15, 0.2) is 6.61 Å². The van der Waals surface area contributed by atoms with Gasteiger partial charge in [0.2, 0.25) is 0 Å². The molecule has 1 aromatic heterocycles. The molecule has 6 nitrogen and oxygen atoms in total. The maximum Gasteiger partial charge on any atom is 0.336 e. The zero-order chi connectivity index (χ0) is 17.1. The highest BCUT2D eigenvalue weighted by Gasteiger charge is 2.08. The monoisotopic (exact) mass is 325 g/mol. The number of ether oxygens (including phenoxy) is 1. The van der Waals surface area contributed by atoms with E-state index in [4.69, 9.17) is 9.15 Å². The Morgan fingerprint density at radius 1 is 1.21 bits per heavy atom. The van der Waals surface area contributed by atoms with Gasteiger partial charge in [0.25, 0.3) is 5.91 Å². The maximum atomic E-state index is 11.9. The topological polar surface area (TPSA) is 88.8 Å². The van der Waals surface area contributed by atoms with E-state index in [-0.39, 0.29) is 12.4 Å². The van der Waals surface area contributed by atoms with Gasteiger partial charge in [0.05, 0.1) is 5.69 Å². The normalized spacial score (nSPS) is 10.5. The molecular weight excluding hydrogens is 310 g/mol. The number of hydrogen-bond donors (Lipinski definition) is 2. The summed E-state index contributed by atoms with van der Waals surface area (Å²) in [6.45, 7) is 1.58. The molecule has 0 radical (unpaired) electrons. The predicted molar refractivity (Wildman–Crippen MR) is 89.5 cm³/mol. The Balaban J connectivity index is 1.70. The number of phenolic OH excluding ortho intramolecular Hbond substituents is 1. The molecule has 0 saturated heterocycles. The number of phenols is 1. The number of aromatic hydroxyl groups is 1. The van der Waals surface area contributed by atoms with E-state index in [2.05, 4.69) is 5.32 Å². The van der Waals surface area contributed by atoms with Crippen molar-refractivity contribution in [1.29, 1.82) is 0 Å². The van der Waals surface area contributed by atoms with Crippen LogP contribution in [0.5, 0.6) is 11.5 Å². The van der Waals surface area contributed by atoms with Crippen molar-refractivity contribution >= 4 is 22.6 Å². The summed E-state index contributed by atoms with van der Waals surface area (Å²) in [6.07, 6.45) is 0. The first-order valence-corrected chi connectivity index (χ1v) is 7.28. The number of para-hydroxylation sites is 2. The van der Waals surface area contributed by atoms with Gasteiger partial charge in [-0.05, 0) is 36.8 Å². The number of carbonyl (C=O) groups excluding carboxylic acids is 1. The van der Waals surface area contributed by atoms with E-state index < -0.39 is 11.5 Å². The first kappa shape index (κ1) is 15.6. The largest absolute Gasteiger partial charge is 0.506 e. The predicted octanol–water partition coefficient (Wildman–Crippen LogP) is 2.82. The fraction of sp³-hybridized carbons (Fsp3) is 0.111. The van der Waals surface area contributed by atoms with Gasteiger partial charge in [-0.1, -0.05) is 12.1 Å². The van der Waals surface area contributed by atoms with Crippen LogP contribution in [0.2, 0.25) is 0 Å². The third-order valence-electron chi connectivity index (χ3n) is 3.47. The Bertz CT molecular complexity index is 961. The van der Waals surface area contributed by atoms with Crippen molar-refractivity contribution in [3.63, 3.8) is 0 Å². The lowest BCUT2D eigenvalue weighted by Gasteiger charge is -2.09. The van der Waals surface area contributed by atoms with Crippen LogP contribution in [0, 0.1) is 6.92 Å². The number of amides is 1. The summed E-state index contributed by atoms with van der Waals surface area (Å²) in [5.74, 6) is -0.0280. The van der Waals surface area contributed by atoms with Gasteiger partial charge in [0.1, 0.15) is 17.1 Å². The summed E-state index contributed by atoms with van der Waals surface area (Å²) in [7, 11) is 0. The van der Waals surface area contributed by atoms with E-state index in [1.54, 1.807) is 36.4 Å².